The van der Waals surface area contributed by atoms with E-state index in [0.29, 0.717) is 23.9 Å². The van der Waals surface area contributed by atoms with E-state index in [0.717, 1.165) is 48.8 Å². The number of aryl methyl sites for hydroxylation is 1. The lowest BCUT2D eigenvalue weighted by Crippen LogP contribution is -2.47. The van der Waals surface area contributed by atoms with Crippen LogP contribution in [0.1, 0.15) is 32.4 Å². The second-order valence-corrected chi connectivity index (χ2v) is 8.44. The Labute approximate surface area is 208 Å². The van der Waals surface area contributed by atoms with E-state index in [1.807, 2.05) is 32.0 Å². The van der Waals surface area contributed by atoms with Crippen molar-refractivity contribution in [1.82, 2.24) is 24.5 Å². The van der Waals surface area contributed by atoms with Crippen LogP contribution in [-0.4, -0.2) is 75.6 Å². The second-order valence-electron chi connectivity index (χ2n) is 8.44. The molecule has 12 heteroatoms. The highest BCUT2D eigenvalue weighted by atomic mass is 19.3. The number of fused-ring (bicyclic) bond motifs is 1. The summed E-state index contributed by atoms with van der Waals surface area (Å²) in [6.45, 7) is 8.42. The number of pyridine rings is 1. The Bertz CT molecular complexity index is 1170. The molecule has 0 saturated carbocycles. The van der Waals surface area contributed by atoms with E-state index in [9.17, 15) is 13.2 Å². The maximum atomic E-state index is 12.6. The Balaban J connectivity index is 0.000000198. The van der Waals surface area contributed by atoms with Gasteiger partial charge in [-0.2, -0.15) is 4.98 Å². The predicted octanol–water partition coefficient (Wildman–Crippen LogP) is 4.08. The minimum atomic E-state index is -2.12. The zero-order chi connectivity index (χ0) is 26.2. The van der Waals surface area contributed by atoms with Crippen LogP contribution in [0.25, 0.3) is 16.8 Å². The van der Waals surface area contributed by atoms with Gasteiger partial charge in [0, 0.05) is 37.5 Å². The molecular weight excluding hydrogens is 473 g/mol. The number of likely N-dealkylation sites (tertiary alicyclic amines) is 1. The molecule has 0 unspecified atom stereocenters. The minimum absolute atomic E-state index is 0.0278. The van der Waals surface area contributed by atoms with Gasteiger partial charge < -0.3 is 16.2 Å². The number of ether oxygens (including phenoxy) is 1. The van der Waals surface area contributed by atoms with Gasteiger partial charge in [0.05, 0.1) is 36.3 Å². The van der Waals surface area contributed by atoms with Crippen molar-refractivity contribution in [2.75, 3.05) is 37.8 Å². The highest BCUT2D eigenvalue weighted by Gasteiger charge is 2.31. The fourth-order valence-electron chi connectivity index (χ4n) is 3.76. The van der Waals surface area contributed by atoms with E-state index in [4.69, 9.17) is 16.2 Å². The first-order valence-corrected chi connectivity index (χ1v) is 11.8. The van der Waals surface area contributed by atoms with Crippen molar-refractivity contribution in [3.63, 3.8) is 0 Å². The molecule has 4 N–H and O–H groups in total. The van der Waals surface area contributed by atoms with Crippen LogP contribution in [0.4, 0.5) is 30.6 Å². The number of nitrogens with two attached hydrogens (primary N) is 2. The smallest absolute Gasteiger partial charge is 0.240 e. The van der Waals surface area contributed by atoms with E-state index >= 15 is 0 Å². The molecule has 5 heterocycles. The summed E-state index contributed by atoms with van der Waals surface area (Å²) < 4.78 is 40.8. The van der Waals surface area contributed by atoms with Gasteiger partial charge in [-0.25, -0.2) is 17.7 Å². The molecule has 196 valence electrons. The summed E-state index contributed by atoms with van der Waals surface area (Å²) >= 11 is 0. The molecule has 0 aliphatic carbocycles. The van der Waals surface area contributed by atoms with Crippen LogP contribution >= 0.6 is 0 Å². The van der Waals surface area contributed by atoms with Crippen molar-refractivity contribution in [2.45, 2.75) is 52.3 Å². The number of nitrogen functional groups attached to an aromatic ring is 2. The summed E-state index contributed by atoms with van der Waals surface area (Å²) in [6, 6.07) is 6.25. The van der Waals surface area contributed by atoms with Crippen molar-refractivity contribution in [2.24, 2.45) is 4.99 Å². The molecule has 9 nitrogen and oxygen atoms in total. The summed E-state index contributed by atoms with van der Waals surface area (Å²) in [7, 11) is 0. The molecule has 2 aliphatic heterocycles. The first-order valence-electron chi connectivity index (χ1n) is 11.8. The Kier molecular flexibility index (Phi) is 9.59. The van der Waals surface area contributed by atoms with Crippen molar-refractivity contribution < 1.29 is 17.9 Å². The number of alkyl halides is 3. The fraction of sp³-hybridized carbons (Fsp3) is 0.500. The van der Waals surface area contributed by atoms with Gasteiger partial charge in [0.25, 0.3) is 0 Å². The molecule has 2 aliphatic rings. The molecule has 0 aromatic carbocycles. The van der Waals surface area contributed by atoms with Crippen LogP contribution < -0.4 is 11.5 Å². The zero-order valence-corrected chi connectivity index (χ0v) is 20.7. The van der Waals surface area contributed by atoms with Crippen LogP contribution in [0.5, 0.6) is 0 Å². The largest absolute Gasteiger partial charge is 0.382 e. The molecule has 1 atom stereocenters. The number of halogens is 3. The molecule has 0 amide bonds. The Morgan fingerprint density at radius 1 is 1.22 bits per heavy atom. The first kappa shape index (κ1) is 27.3. The molecule has 3 aromatic heterocycles. The molecular formula is C24H33F3N8O. The SMILES string of the molecule is CC=Nc1ccc(-c2ccn3nc(N)nc(N)c23)nc1C.CCC(F)F.F[C@@H]1CCN(C2COC2)C1. The Hall–Kier alpha value is -3.25. The number of anilines is 2. The monoisotopic (exact) mass is 506 g/mol. The van der Waals surface area contributed by atoms with Crippen LogP contribution in [0, 0.1) is 6.92 Å². The van der Waals surface area contributed by atoms with Crippen LogP contribution in [0.15, 0.2) is 29.4 Å². The number of hydrogen-bond acceptors (Lipinski definition) is 8. The van der Waals surface area contributed by atoms with E-state index < -0.39 is 12.6 Å². The molecule has 0 bridgehead atoms. The van der Waals surface area contributed by atoms with Gasteiger partial charge in [-0.3, -0.25) is 14.9 Å². The third-order valence-electron chi connectivity index (χ3n) is 5.76. The summed E-state index contributed by atoms with van der Waals surface area (Å²) in [4.78, 5) is 15.0. The number of hydrogen-bond donors (Lipinski definition) is 2. The van der Waals surface area contributed by atoms with Gasteiger partial charge in [0.15, 0.2) is 5.82 Å². The summed E-state index contributed by atoms with van der Waals surface area (Å²) in [5, 5.41) is 4.10. The maximum Gasteiger partial charge on any atom is 0.240 e. The first-order chi connectivity index (χ1) is 17.2. The normalized spacial score (nSPS) is 18.1. The van der Waals surface area contributed by atoms with E-state index in [1.165, 1.54) is 6.92 Å². The third kappa shape index (κ3) is 6.91. The van der Waals surface area contributed by atoms with Crippen molar-refractivity contribution >= 4 is 29.2 Å². The van der Waals surface area contributed by atoms with Gasteiger partial charge in [0.2, 0.25) is 12.4 Å². The van der Waals surface area contributed by atoms with Gasteiger partial charge in [-0.1, -0.05) is 6.92 Å². The van der Waals surface area contributed by atoms with Crippen molar-refractivity contribution in [3.05, 3.63) is 30.1 Å². The second kappa shape index (κ2) is 12.6. The van der Waals surface area contributed by atoms with Crippen molar-refractivity contribution in [1.29, 1.82) is 0 Å². The topological polar surface area (TPSA) is 120 Å². The minimum Gasteiger partial charge on any atom is -0.382 e. The number of nitrogens with zero attached hydrogens (tertiary/aromatic N) is 6. The van der Waals surface area contributed by atoms with E-state index in [1.54, 1.807) is 16.9 Å². The van der Waals surface area contributed by atoms with Gasteiger partial charge in [-0.05, 0) is 38.5 Å². The quantitative estimate of drug-likeness (QED) is 0.512. The summed E-state index contributed by atoms with van der Waals surface area (Å²) in [5.41, 5.74) is 15.6. The number of aromatic nitrogens is 4. The van der Waals surface area contributed by atoms with E-state index in [2.05, 4.69) is 25.0 Å². The average molecular weight is 507 g/mol. The maximum absolute atomic E-state index is 12.6. The lowest BCUT2D eigenvalue weighted by Gasteiger charge is -2.34. The Morgan fingerprint density at radius 2 is 1.94 bits per heavy atom. The highest BCUT2D eigenvalue weighted by molar-refractivity contribution is 5.86. The van der Waals surface area contributed by atoms with Crippen LogP contribution in [0.2, 0.25) is 0 Å². The number of rotatable bonds is 4. The van der Waals surface area contributed by atoms with Crippen LogP contribution in [0.3, 0.4) is 0 Å². The third-order valence-corrected chi connectivity index (χ3v) is 5.76. The van der Waals surface area contributed by atoms with Crippen molar-refractivity contribution in [3.8, 4) is 11.3 Å². The lowest BCUT2D eigenvalue weighted by atomic mass is 10.1. The van der Waals surface area contributed by atoms with Crippen LogP contribution in [-0.2, 0) is 4.74 Å². The van der Waals surface area contributed by atoms with Gasteiger partial charge in [0.1, 0.15) is 11.7 Å². The predicted molar refractivity (Wildman–Crippen MR) is 136 cm³/mol. The molecule has 0 radical (unpaired) electrons. The highest BCUT2D eigenvalue weighted by Crippen LogP contribution is 2.29. The summed E-state index contributed by atoms with van der Waals surface area (Å²) in [5.74, 6) is 0.469. The van der Waals surface area contributed by atoms with E-state index in [-0.39, 0.29) is 12.4 Å². The summed E-state index contributed by atoms with van der Waals surface area (Å²) in [6.07, 6.45) is 1.52. The number of aliphatic imine (C=N–C) groups is 1. The zero-order valence-electron chi connectivity index (χ0n) is 20.7. The molecule has 0 spiro atoms. The Morgan fingerprint density at radius 3 is 2.47 bits per heavy atom. The molecule has 3 aromatic rings. The molecule has 2 saturated heterocycles. The van der Waals surface area contributed by atoms with Gasteiger partial charge >= 0.3 is 0 Å². The van der Waals surface area contributed by atoms with Gasteiger partial charge in [-0.15, -0.1) is 5.10 Å². The standard InChI is InChI=1S/C14H15N7.C7H12FNO.C3H6F2/c1-3-17-10-4-5-11(18-8(10)2)9-6-7-21-12(9)13(15)19-14(16)20-21;8-6-1-2-9(3-6)7-4-10-5-7;1-2-3(4)5/h3-7H,1-2H3,(H4,15,16,19,20);6-7H,1-5H2;3H,2H2,1H3/t;6-;/m.1./s1. The molecule has 5 rings (SSSR count). The average Bonchev–Trinajstić information content (AvgIpc) is 3.41. The fourth-order valence-corrected chi connectivity index (χ4v) is 3.76. The lowest BCUT2D eigenvalue weighted by molar-refractivity contribution is -0.0584. The molecule has 2 fully saturated rings. The molecule has 36 heavy (non-hydrogen) atoms.